The van der Waals surface area contributed by atoms with Crippen LogP contribution in [0.1, 0.15) is 51.0 Å². The Morgan fingerprint density at radius 3 is 2.34 bits per heavy atom. The third-order valence-corrected chi connectivity index (χ3v) is 4.02. The molecular formula is C21H32N2O6. The number of carbonyl (C=O) groups is 1. The zero-order valence-corrected chi connectivity index (χ0v) is 17.5. The van der Waals surface area contributed by atoms with E-state index in [2.05, 4.69) is 34.4 Å². The zero-order valence-electron chi connectivity index (χ0n) is 17.5. The highest BCUT2D eigenvalue weighted by molar-refractivity contribution is 5.81. The maximum absolute atomic E-state index is 10.6. The van der Waals surface area contributed by atoms with Crippen molar-refractivity contribution in [3.8, 4) is 5.75 Å². The molecule has 1 aliphatic rings. The first-order valence-electron chi connectivity index (χ1n) is 9.73. The molecule has 0 aliphatic carbocycles. The first kappa shape index (κ1) is 24.3. The van der Waals surface area contributed by atoms with Gasteiger partial charge in [-0.1, -0.05) is 67.7 Å². The van der Waals surface area contributed by atoms with Crippen molar-refractivity contribution < 1.29 is 29.0 Å². The van der Waals surface area contributed by atoms with Crippen molar-refractivity contribution in [3.05, 3.63) is 48.3 Å². The van der Waals surface area contributed by atoms with Gasteiger partial charge in [0, 0.05) is 6.08 Å². The number of carbonyl (C=O) groups excluding carboxylic acids is 1. The maximum Gasteiger partial charge on any atom is 0.330 e. The molecule has 0 saturated carbocycles. The van der Waals surface area contributed by atoms with Crippen molar-refractivity contribution in [3.63, 3.8) is 0 Å². The van der Waals surface area contributed by atoms with Crippen molar-refractivity contribution >= 4 is 11.7 Å². The predicted octanol–water partition coefficient (Wildman–Crippen LogP) is 4.01. The van der Waals surface area contributed by atoms with Crippen LogP contribution >= 0.6 is 0 Å². The van der Waals surface area contributed by atoms with E-state index in [1.807, 2.05) is 24.3 Å². The lowest BCUT2D eigenvalue weighted by atomic mass is 10.1. The molecule has 0 atom stereocenters. The Balaban J connectivity index is 0.000000298. The molecule has 0 unspecified atom stereocenters. The molecule has 1 aromatic rings. The number of para-hydroxylation sites is 1. The summed E-state index contributed by atoms with van der Waals surface area (Å²) in [6, 6.07) is 7.47. The summed E-state index contributed by atoms with van der Waals surface area (Å²) in [5.41, 5.74) is 5.83. The van der Waals surface area contributed by atoms with Gasteiger partial charge in [0.05, 0.1) is 26.4 Å². The van der Waals surface area contributed by atoms with Crippen LogP contribution in [0.3, 0.4) is 0 Å². The molecule has 0 bridgehead atoms. The standard InChI is InChI=1S/C11H20O2.C10H12N2O4/c1-3-5-6-7-8-9-10-13-11(12)4-2;1-13-8-6-4-3-5-7(8)9(14-2)10-11-15-16-12-10/h4H,2-3,5-10H2,1H3;3-6,11-12H,1-2H3. The van der Waals surface area contributed by atoms with Gasteiger partial charge >= 0.3 is 5.97 Å². The first-order chi connectivity index (χ1) is 14.2. The lowest BCUT2D eigenvalue weighted by Gasteiger charge is -2.11. The molecule has 8 heteroatoms. The summed E-state index contributed by atoms with van der Waals surface area (Å²) >= 11 is 0. The van der Waals surface area contributed by atoms with Crippen LogP contribution in [0.5, 0.6) is 5.75 Å². The van der Waals surface area contributed by atoms with Crippen LogP contribution in [-0.4, -0.2) is 26.8 Å². The summed E-state index contributed by atoms with van der Waals surface area (Å²) in [5.74, 6) is 1.40. The Morgan fingerprint density at radius 2 is 1.72 bits per heavy atom. The second kappa shape index (κ2) is 15.2. The fourth-order valence-corrected chi connectivity index (χ4v) is 2.53. The second-order valence-corrected chi connectivity index (χ2v) is 6.12. The SMILES string of the molecule is C=CC(=O)OCCCCCCCC.COC(=C1NOON1)c1ccccc1OC. The summed E-state index contributed by atoms with van der Waals surface area (Å²) in [6.45, 7) is 6.06. The number of unbranched alkanes of at least 4 members (excludes halogenated alkanes) is 5. The van der Waals surface area contributed by atoms with E-state index in [4.69, 9.17) is 14.2 Å². The van der Waals surface area contributed by atoms with Gasteiger partial charge in [0.25, 0.3) is 0 Å². The molecule has 8 nitrogen and oxygen atoms in total. The van der Waals surface area contributed by atoms with Crippen molar-refractivity contribution in [2.24, 2.45) is 0 Å². The Morgan fingerprint density at radius 1 is 1.07 bits per heavy atom. The molecular weight excluding hydrogens is 376 g/mol. The molecule has 1 fully saturated rings. The molecule has 2 rings (SSSR count). The zero-order chi connectivity index (χ0) is 21.3. The Hall–Kier alpha value is -2.71. The van der Waals surface area contributed by atoms with Gasteiger partial charge in [0.2, 0.25) is 0 Å². The molecule has 1 aromatic carbocycles. The molecule has 0 radical (unpaired) electrons. The van der Waals surface area contributed by atoms with Gasteiger partial charge in [-0.05, 0) is 18.6 Å². The quantitative estimate of drug-likeness (QED) is 0.187. The van der Waals surface area contributed by atoms with Crippen LogP contribution in [0.15, 0.2) is 42.7 Å². The highest BCUT2D eigenvalue weighted by Crippen LogP contribution is 2.27. The first-order valence-corrected chi connectivity index (χ1v) is 9.73. The monoisotopic (exact) mass is 408 g/mol. The van der Waals surface area contributed by atoms with E-state index in [-0.39, 0.29) is 5.97 Å². The van der Waals surface area contributed by atoms with E-state index < -0.39 is 0 Å². The lowest BCUT2D eigenvalue weighted by molar-refractivity contribution is -0.316. The number of ether oxygens (including phenoxy) is 3. The Labute approximate surface area is 172 Å². The highest BCUT2D eigenvalue weighted by Gasteiger charge is 2.18. The number of rotatable bonds is 11. The summed E-state index contributed by atoms with van der Waals surface area (Å²) in [4.78, 5) is 19.6. The van der Waals surface area contributed by atoms with Gasteiger partial charge in [-0.2, -0.15) is 0 Å². The Bertz CT molecular complexity index is 640. The molecule has 1 saturated heterocycles. The molecule has 0 aromatic heterocycles. The topological polar surface area (TPSA) is 87.3 Å². The van der Waals surface area contributed by atoms with Crippen molar-refractivity contribution in [2.75, 3.05) is 20.8 Å². The highest BCUT2D eigenvalue weighted by atomic mass is 17.3. The fourth-order valence-electron chi connectivity index (χ4n) is 2.53. The van der Waals surface area contributed by atoms with Gasteiger partial charge in [-0.15, -0.1) is 0 Å². The van der Waals surface area contributed by atoms with E-state index in [0.29, 0.717) is 23.9 Å². The predicted molar refractivity (Wildman–Crippen MR) is 110 cm³/mol. The van der Waals surface area contributed by atoms with Crippen LogP contribution in [0.2, 0.25) is 0 Å². The average Bonchev–Trinajstić information content (AvgIpc) is 3.29. The maximum atomic E-state index is 10.6. The van der Waals surface area contributed by atoms with Crippen LogP contribution in [0.25, 0.3) is 5.76 Å². The molecule has 1 aliphatic heterocycles. The van der Waals surface area contributed by atoms with Gasteiger partial charge in [-0.25, -0.2) is 15.8 Å². The van der Waals surface area contributed by atoms with E-state index in [9.17, 15) is 4.79 Å². The summed E-state index contributed by atoms with van der Waals surface area (Å²) in [6.07, 6.45) is 8.47. The minimum absolute atomic E-state index is 0.312. The molecule has 162 valence electrons. The number of benzene rings is 1. The number of hydrogen-bond acceptors (Lipinski definition) is 8. The average molecular weight is 408 g/mol. The molecule has 29 heavy (non-hydrogen) atoms. The minimum atomic E-state index is -0.312. The Kier molecular flexibility index (Phi) is 12.8. The third kappa shape index (κ3) is 9.36. The van der Waals surface area contributed by atoms with Gasteiger partial charge in [-0.3, -0.25) is 0 Å². The van der Waals surface area contributed by atoms with Crippen molar-refractivity contribution in [2.45, 2.75) is 45.4 Å². The van der Waals surface area contributed by atoms with E-state index in [1.165, 1.54) is 31.8 Å². The number of esters is 1. The normalized spacial score (nSPS) is 12.0. The van der Waals surface area contributed by atoms with Crippen LogP contribution < -0.4 is 15.7 Å². The summed E-state index contributed by atoms with van der Waals surface area (Å²) in [5, 5.41) is 0. The van der Waals surface area contributed by atoms with Crippen LogP contribution in [-0.2, 0) is 24.2 Å². The largest absolute Gasteiger partial charge is 0.496 e. The molecule has 2 N–H and O–H groups in total. The number of nitrogens with one attached hydrogen (secondary N) is 2. The number of hydroxylamine groups is 2. The molecule has 0 spiro atoms. The molecule has 0 amide bonds. The molecule has 1 heterocycles. The summed E-state index contributed by atoms with van der Waals surface area (Å²) in [7, 11) is 3.15. The van der Waals surface area contributed by atoms with Crippen molar-refractivity contribution in [1.29, 1.82) is 0 Å². The van der Waals surface area contributed by atoms with Gasteiger partial charge < -0.3 is 14.2 Å². The van der Waals surface area contributed by atoms with Gasteiger partial charge in [0.15, 0.2) is 11.6 Å². The van der Waals surface area contributed by atoms with E-state index in [1.54, 1.807) is 14.2 Å². The van der Waals surface area contributed by atoms with E-state index >= 15 is 0 Å². The van der Waals surface area contributed by atoms with Crippen LogP contribution in [0, 0.1) is 0 Å². The lowest BCUT2D eigenvalue weighted by Crippen LogP contribution is -2.13. The number of hydrogen-bond donors (Lipinski definition) is 2. The summed E-state index contributed by atoms with van der Waals surface area (Å²) < 4.78 is 15.4. The minimum Gasteiger partial charge on any atom is -0.496 e. The smallest absolute Gasteiger partial charge is 0.330 e. The third-order valence-electron chi connectivity index (χ3n) is 4.02. The number of methoxy groups -OCH3 is 2. The second-order valence-electron chi connectivity index (χ2n) is 6.12. The fraction of sp³-hybridized carbons (Fsp3) is 0.476. The van der Waals surface area contributed by atoms with Crippen molar-refractivity contribution in [1.82, 2.24) is 11.0 Å². The van der Waals surface area contributed by atoms with Crippen LogP contribution in [0.4, 0.5) is 0 Å². The van der Waals surface area contributed by atoms with Gasteiger partial charge in [0.1, 0.15) is 5.75 Å². The van der Waals surface area contributed by atoms with E-state index in [0.717, 1.165) is 18.4 Å².